The van der Waals surface area contributed by atoms with Crippen LogP contribution in [-0.2, 0) is 16.8 Å². The second-order valence-corrected chi connectivity index (χ2v) is 6.80. The van der Waals surface area contributed by atoms with E-state index in [0.29, 0.717) is 37.5 Å². The minimum Gasteiger partial charge on any atom is -0.384 e. The van der Waals surface area contributed by atoms with Crippen molar-refractivity contribution in [1.29, 1.82) is 0 Å². The van der Waals surface area contributed by atoms with Gasteiger partial charge in [-0.1, -0.05) is 5.16 Å². The molecule has 1 N–H and O–H groups in total. The van der Waals surface area contributed by atoms with Crippen molar-refractivity contribution in [2.75, 3.05) is 26.8 Å². The maximum atomic E-state index is 15.3. The summed E-state index contributed by atoms with van der Waals surface area (Å²) in [6, 6.07) is 7.45. The number of hydrogen-bond acceptors (Lipinski definition) is 5. The van der Waals surface area contributed by atoms with Crippen molar-refractivity contribution in [3.05, 3.63) is 47.7 Å². The zero-order valence-electron chi connectivity index (χ0n) is 15.1. The van der Waals surface area contributed by atoms with Crippen LogP contribution in [0.3, 0.4) is 0 Å². The number of aromatic nitrogens is 3. The Hall–Kier alpha value is -2.74. The standard InChI is InChI=1S/C19H21FN4O3/c1-26-11-5-16-22-18(27-23-16)19(20)6-9-24(10-7-19)17(25)14-2-3-15-13(12-14)4-8-21-15/h2-4,8,12,21H,5-7,9-11H2,1H3. The third-order valence-electron chi connectivity index (χ3n) is 5.02. The Morgan fingerprint density at radius 1 is 1.37 bits per heavy atom. The largest absolute Gasteiger partial charge is 0.384 e. The van der Waals surface area contributed by atoms with Crippen LogP contribution in [0, 0.1) is 0 Å². The smallest absolute Gasteiger partial charge is 0.264 e. The van der Waals surface area contributed by atoms with Crippen molar-refractivity contribution in [2.45, 2.75) is 24.9 Å². The van der Waals surface area contributed by atoms with Crippen LogP contribution in [0.15, 0.2) is 35.0 Å². The van der Waals surface area contributed by atoms with E-state index in [1.165, 1.54) is 0 Å². The maximum Gasteiger partial charge on any atom is 0.264 e. The number of rotatable bonds is 5. The molecule has 27 heavy (non-hydrogen) atoms. The number of carbonyl (C=O) groups excluding carboxylic acids is 1. The van der Waals surface area contributed by atoms with Gasteiger partial charge in [-0.3, -0.25) is 4.79 Å². The number of alkyl halides is 1. The molecule has 3 aromatic rings. The van der Waals surface area contributed by atoms with Gasteiger partial charge in [0.15, 0.2) is 11.5 Å². The predicted molar refractivity (Wildman–Crippen MR) is 96.1 cm³/mol. The molecule has 4 rings (SSSR count). The molecule has 0 unspecified atom stereocenters. The van der Waals surface area contributed by atoms with Crippen LogP contribution in [0.25, 0.3) is 10.9 Å². The Morgan fingerprint density at radius 2 is 2.19 bits per heavy atom. The fraction of sp³-hybridized carbons (Fsp3) is 0.421. The monoisotopic (exact) mass is 372 g/mol. The molecule has 7 nitrogen and oxygen atoms in total. The van der Waals surface area contributed by atoms with Crippen molar-refractivity contribution in [2.24, 2.45) is 0 Å². The molecule has 0 radical (unpaired) electrons. The minimum absolute atomic E-state index is 0.00514. The number of halogens is 1. The number of H-pyrrole nitrogens is 1. The number of ether oxygens (including phenoxy) is 1. The quantitative estimate of drug-likeness (QED) is 0.744. The number of aromatic amines is 1. The van der Waals surface area contributed by atoms with Crippen LogP contribution in [0.5, 0.6) is 0 Å². The zero-order valence-corrected chi connectivity index (χ0v) is 15.1. The summed E-state index contributed by atoms with van der Waals surface area (Å²) in [7, 11) is 1.58. The van der Waals surface area contributed by atoms with Crippen LogP contribution >= 0.6 is 0 Å². The number of hydrogen-bond donors (Lipinski definition) is 1. The molecule has 1 saturated heterocycles. The lowest BCUT2D eigenvalue weighted by molar-refractivity contribution is 0.0249. The Morgan fingerprint density at radius 3 is 2.96 bits per heavy atom. The van der Waals surface area contributed by atoms with Crippen LogP contribution < -0.4 is 0 Å². The molecule has 1 aliphatic heterocycles. The molecular formula is C19H21FN4O3. The van der Waals surface area contributed by atoms with Gasteiger partial charge in [0.05, 0.1) is 6.61 Å². The summed E-state index contributed by atoms with van der Waals surface area (Å²) in [5.74, 6) is 0.336. The fourth-order valence-corrected chi connectivity index (χ4v) is 3.38. The first-order valence-electron chi connectivity index (χ1n) is 8.96. The van der Waals surface area contributed by atoms with Crippen molar-refractivity contribution in [3.63, 3.8) is 0 Å². The van der Waals surface area contributed by atoms with Crippen LogP contribution in [0.1, 0.15) is 34.9 Å². The van der Waals surface area contributed by atoms with E-state index >= 15 is 4.39 Å². The Labute approximate surface area is 155 Å². The van der Waals surface area contributed by atoms with Crippen molar-refractivity contribution in [1.82, 2.24) is 20.0 Å². The number of nitrogens with zero attached hydrogens (tertiary/aromatic N) is 3. The molecular weight excluding hydrogens is 351 g/mol. The highest BCUT2D eigenvalue weighted by Crippen LogP contribution is 2.36. The highest BCUT2D eigenvalue weighted by atomic mass is 19.1. The first-order valence-corrected chi connectivity index (χ1v) is 8.96. The second kappa shape index (κ2) is 7.11. The SMILES string of the molecule is COCCc1noc(C2(F)CCN(C(=O)c3ccc4[nH]ccc4c3)CC2)n1. The number of carbonyl (C=O) groups is 1. The highest BCUT2D eigenvalue weighted by Gasteiger charge is 2.42. The number of benzene rings is 1. The normalized spacial score (nSPS) is 16.7. The van der Waals surface area contributed by atoms with Gasteiger partial charge in [-0.2, -0.15) is 4.98 Å². The third kappa shape index (κ3) is 3.44. The molecule has 0 saturated carbocycles. The summed E-state index contributed by atoms with van der Waals surface area (Å²) in [5.41, 5.74) is -0.110. The molecule has 2 aromatic heterocycles. The molecule has 1 aromatic carbocycles. The van der Waals surface area contributed by atoms with Gasteiger partial charge in [0, 0.05) is 62.1 Å². The molecule has 3 heterocycles. The minimum atomic E-state index is -1.69. The number of methoxy groups -OCH3 is 1. The lowest BCUT2D eigenvalue weighted by Crippen LogP contribution is -2.43. The summed E-state index contributed by atoms with van der Waals surface area (Å²) in [5, 5.41) is 4.79. The van der Waals surface area contributed by atoms with Crippen molar-refractivity contribution in [3.8, 4) is 0 Å². The van der Waals surface area contributed by atoms with Crippen LogP contribution in [-0.4, -0.2) is 52.7 Å². The summed E-state index contributed by atoms with van der Waals surface area (Å²) >= 11 is 0. The Bertz CT molecular complexity index is 943. The first-order chi connectivity index (χ1) is 13.1. The fourth-order valence-electron chi connectivity index (χ4n) is 3.38. The van der Waals surface area contributed by atoms with Gasteiger partial charge >= 0.3 is 0 Å². The van der Waals surface area contributed by atoms with Gasteiger partial charge in [0.2, 0.25) is 0 Å². The Kier molecular flexibility index (Phi) is 4.65. The Balaban J connectivity index is 1.43. The molecule has 1 fully saturated rings. The lowest BCUT2D eigenvalue weighted by atomic mass is 9.92. The van der Waals surface area contributed by atoms with Gasteiger partial charge in [0.1, 0.15) is 0 Å². The van der Waals surface area contributed by atoms with Crippen LogP contribution in [0.4, 0.5) is 4.39 Å². The van der Waals surface area contributed by atoms with Gasteiger partial charge in [-0.25, -0.2) is 4.39 Å². The van der Waals surface area contributed by atoms with Gasteiger partial charge in [0.25, 0.3) is 11.8 Å². The summed E-state index contributed by atoms with van der Waals surface area (Å²) in [6.45, 7) is 1.05. The summed E-state index contributed by atoms with van der Waals surface area (Å²) in [6.07, 6.45) is 2.58. The molecule has 142 valence electrons. The summed E-state index contributed by atoms with van der Waals surface area (Å²) in [4.78, 5) is 21.7. The van der Waals surface area contributed by atoms with E-state index in [2.05, 4.69) is 15.1 Å². The summed E-state index contributed by atoms with van der Waals surface area (Å²) < 4.78 is 25.4. The number of amides is 1. The van der Waals surface area contributed by atoms with E-state index in [1.807, 2.05) is 24.4 Å². The van der Waals surface area contributed by atoms with Gasteiger partial charge in [-0.05, 0) is 24.3 Å². The van der Waals surface area contributed by atoms with E-state index < -0.39 is 5.67 Å². The van der Waals surface area contributed by atoms with Crippen molar-refractivity contribution < 1.29 is 18.4 Å². The predicted octanol–water partition coefficient (Wildman–Crippen LogP) is 2.84. The molecule has 8 heteroatoms. The number of nitrogens with one attached hydrogen (secondary N) is 1. The third-order valence-corrected chi connectivity index (χ3v) is 5.02. The van der Waals surface area contributed by atoms with E-state index in [0.717, 1.165) is 10.9 Å². The lowest BCUT2D eigenvalue weighted by Gasteiger charge is -2.34. The van der Waals surface area contributed by atoms with Crippen LogP contribution in [0.2, 0.25) is 0 Å². The number of piperidine rings is 1. The van der Waals surface area contributed by atoms with Gasteiger partial charge < -0.3 is 19.1 Å². The molecule has 1 aliphatic rings. The number of fused-ring (bicyclic) bond motifs is 1. The molecule has 0 atom stereocenters. The molecule has 0 bridgehead atoms. The van der Waals surface area contributed by atoms with E-state index in [1.54, 1.807) is 18.1 Å². The molecule has 0 aliphatic carbocycles. The van der Waals surface area contributed by atoms with Crippen molar-refractivity contribution >= 4 is 16.8 Å². The first kappa shape index (κ1) is 17.7. The molecule has 0 spiro atoms. The average Bonchev–Trinajstić information content (AvgIpc) is 3.35. The molecule has 1 amide bonds. The highest BCUT2D eigenvalue weighted by molar-refractivity contribution is 5.98. The maximum absolute atomic E-state index is 15.3. The van der Waals surface area contributed by atoms with Gasteiger partial charge in [-0.15, -0.1) is 0 Å². The number of likely N-dealkylation sites (tertiary alicyclic amines) is 1. The topological polar surface area (TPSA) is 84.3 Å². The van der Waals surface area contributed by atoms with E-state index in [4.69, 9.17) is 9.26 Å². The van der Waals surface area contributed by atoms with E-state index in [-0.39, 0.29) is 24.6 Å². The second-order valence-electron chi connectivity index (χ2n) is 6.80. The average molecular weight is 372 g/mol. The van der Waals surface area contributed by atoms with E-state index in [9.17, 15) is 4.79 Å². The zero-order chi connectivity index (χ0) is 18.9.